The highest BCUT2D eigenvalue weighted by molar-refractivity contribution is 6.30. The summed E-state index contributed by atoms with van der Waals surface area (Å²) in [7, 11) is 0. The number of carbonyl (C=O) groups is 2. The highest BCUT2D eigenvalue weighted by Crippen LogP contribution is 2.21. The Bertz CT molecular complexity index is 1010. The lowest BCUT2D eigenvalue weighted by Crippen LogP contribution is -2.42. The fraction of sp³-hybridized carbons (Fsp3) is 0.143. The predicted molar refractivity (Wildman–Crippen MR) is 106 cm³/mol. The molecule has 144 valence electrons. The first-order valence-corrected chi connectivity index (χ1v) is 9.01. The van der Waals surface area contributed by atoms with Crippen molar-refractivity contribution in [3.8, 4) is 5.69 Å². The van der Waals surface area contributed by atoms with Crippen molar-refractivity contribution in [2.45, 2.75) is 20.3 Å². The Balaban J connectivity index is 1.67. The van der Waals surface area contributed by atoms with E-state index < -0.39 is 5.91 Å². The van der Waals surface area contributed by atoms with Gasteiger partial charge in [0.1, 0.15) is 5.82 Å². The second-order valence-electron chi connectivity index (χ2n) is 6.40. The number of nitrogens with zero attached hydrogens (tertiary/aromatic N) is 1. The highest BCUT2D eigenvalue weighted by Gasteiger charge is 2.17. The maximum atomic E-state index is 13.2. The van der Waals surface area contributed by atoms with E-state index in [4.69, 9.17) is 11.6 Å². The van der Waals surface area contributed by atoms with E-state index in [1.807, 2.05) is 11.5 Å². The second kappa shape index (κ2) is 8.27. The summed E-state index contributed by atoms with van der Waals surface area (Å²) in [6.07, 6.45) is 0.117. The summed E-state index contributed by atoms with van der Waals surface area (Å²) in [6, 6.07) is 14.6. The van der Waals surface area contributed by atoms with Gasteiger partial charge in [0.15, 0.2) is 0 Å². The van der Waals surface area contributed by atoms with Crippen molar-refractivity contribution in [1.82, 2.24) is 15.4 Å². The zero-order valence-corrected chi connectivity index (χ0v) is 16.2. The fourth-order valence-electron chi connectivity index (χ4n) is 3.01. The number of hydrogen-bond donors (Lipinski definition) is 2. The number of hydrazine groups is 1. The van der Waals surface area contributed by atoms with Crippen molar-refractivity contribution < 1.29 is 14.0 Å². The van der Waals surface area contributed by atoms with Gasteiger partial charge >= 0.3 is 0 Å². The molecule has 2 aromatic carbocycles. The van der Waals surface area contributed by atoms with Crippen LogP contribution in [-0.4, -0.2) is 16.4 Å². The van der Waals surface area contributed by atoms with Crippen LogP contribution in [0.1, 0.15) is 27.3 Å². The van der Waals surface area contributed by atoms with Gasteiger partial charge in [-0.05, 0) is 61.9 Å². The van der Waals surface area contributed by atoms with Crippen molar-refractivity contribution in [2.75, 3.05) is 0 Å². The smallest absolute Gasteiger partial charge is 0.271 e. The molecule has 0 saturated heterocycles. The Morgan fingerprint density at radius 1 is 1.00 bits per heavy atom. The third-order valence-electron chi connectivity index (χ3n) is 4.35. The molecule has 1 aromatic heterocycles. The molecule has 0 bridgehead atoms. The van der Waals surface area contributed by atoms with E-state index in [9.17, 15) is 14.0 Å². The number of rotatable bonds is 4. The summed E-state index contributed by atoms with van der Waals surface area (Å²) in [4.78, 5) is 24.5. The molecule has 0 aliphatic heterocycles. The number of aromatic nitrogens is 1. The molecule has 0 aliphatic carbocycles. The van der Waals surface area contributed by atoms with Crippen molar-refractivity contribution in [3.63, 3.8) is 0 Å². The van der Waals surface area contributed by atoms with E-state index in [-0.39, 0.29) is 18.1 Å². The van der Waals surface area contributed by atoms with Crippen molar-refractivity contribution in [2.24, 2.45) is 0 Å². The third-order valence-corrected chi connectivity index (χ3v) is 4.61. The molecule has 3 rings (SSSR count). The molecule has 1 heterocycles. The maximum Gasteiger partial charge on any atom is 0.271 e. The van der Waals surface area contributed by atoms with Crippen LogP contribution in [0, 0.1) is 19.7 Å². The van der Waals surface area contributed by atoms with Crippen LogP contribution in [-0.2, 0) is 11.2 Å². The van der Waals surface area contributed by atoms with Crippen LogP contribution in [0.2, 0.25) is 5.02 Å². The normalized spacial score (nSPS) is 10.6. The zero-order chi connectivity index (χ0) is 20.3. The summed E-state index contributed by atoms with van der Waals surface area (Å²) >= 11 is 5.82. The minimum absolute atomic E-state index is 0.117. The van der Waals surface area contributed by atoms with Crippen LogP contribution in [0.4, 0.5) is 4.39 Å². The molecule has 0 unspecified atom stereocenters. The van der Waals surface area contributed by atoms with Crippen LogP contribution >= 0.6 is 11.6 Å². The van der Waals surface area contributed by atoms with E-state index in [0.29, 0.717) is 16.3 Å². The Morgan fingerprint density at radius 2 is 1.64 bits per heavy atom. The van der Waals surface area contributed by atoms with Crippen molar-refractivity contribution in [3.05, 3.63) is 88.0 Å². The van der Waals surface area contributed by atoms with Crippen LogP contribution < -0.4 is 10.9 Å². The second-order valence-corrected chi connectivity index (χ2v) is 6.84. The average Bonchev–Trinajstić information content (AvgIpc) is 2.97. The Hall–Kier alpha value is -3.12. The third kappa shape index (κ3) is 4.40. The van der Waals surface area contributed by atoms with Crippen LogP contribution in [0.15, 0.2) is 54.6 Å². The highest BCUT2D eigenvalue weighted by atomic mass is 35.5. The van der Waals surface area contributed by atoms with E-state index >= 15 is 0 Å². The molecule has 0 spiro atoms. The minimum Gasteiger partial charge on any atom is -0.318 e. The van der Waals surface area contributed by atoms with Crippen LogP contribution in [0.25, 0.3) is 5.69 Å². The van der Waals surface area contributed by atoms with Gasteiger partial charge < -0.3 is 4.57 Å². The number of nitrogens with one attached hydrogen (secondary N) is 2. The van der Waals surface area contributed by atoms with Gasteiger partial charge in [-0.15, -0.1) is 0 Å². The first-order valence-electron chi connectivity index (χ1n) is 8.63. The van der Waals surface area contributed by atoms with E-state index in [2.05, 4.69) is 10.9 Å². The monoisotopic (exact) mass is 399 g/mol. The molecule has 0 aliphatic rings. The quantitative estimate of drug-likeness (QED) is 0.654. The Morgan fingerprint density at radius 3 is 2.29 bits per heavy atom. The summed E-state index contributed by atoms with van der Waals surface area (Å²) < 4.78 is 15.0. The predicted octanol–water partition coefficient (Wildman–Crippen LogP) is 3.89. The average molecular weight is 400 g/mol. The number of halogens is 2. The molecule has 0 saturated carbocycles. The maximum absolute atomic E-state index is 13.2. The lowest BCUT2D eigenvalue weighted by atomic mass is 10.1. The largest absolute Gasteiger partial charge is 0.318 e. The van der Waals surface area contributed by atoms with Crippen molar-refractivity contribution in [1.29, 1.82) is 0 Å². The standard InChI is InChI=1S/C21H19ClFN3O2/c1-13-11-19(14(2)26(13)18-9-7-17(23)8-10-18)21(28)25-24-20(27)12-15-3-5-16(22)6-4-15/h3-11H,12H2,1-2H3,(H,24,27)(H,25,28). The molecule has 3 aromatic rings. The van der Waals surface area contributed by atoms with Gasteiger partial charge in [0, 0.05) is 22.1 Å². The number of aryl methyl sites for hydroxylation is 1. The summed E-state index contributed by atoms with van der Waals surface area (Å²) in [5, 5.41) is 0.592. The Kier molecular flexibility index (Phi) is 5.80. The SMILES string of the molecule is Cc1cc(C(=O)NNC(=O)Cc2ccc(Cl)cc2)c(C)n1-c1ccc(F)cc1. The number of benzene rings is 2. The first kappa shape index (κ1) is 19.6. The molecule has 2 amide bonds. The molecule has 0 atom stereocenters. The van der Waals surface area contributed by atoms with Gasteiger partial charge in [-0.25, -0.2) is 4.39 Å². The van der Waals surface area contributed by atoms with Gasteiger partial charge in [-0.1, -0.05) is 23.7 Å². The van der Waals surface area contributed by atoms with Gasteiger partial charge in [0.2, 0.25) is 5.91 Å². The molecule has 0 fully saturated rings. The molecule has 7 heteroatoms. The molecule has 2 N–H and O–H groups in total. The lowest BCUT2D eigenvalue weighted by molar-refractivity contribution is -0.121. The summed E-state index contributed by atoms with van der Waals surface area (Å²) in [6.45, 7) is 3.65. The van der Waals surface area contributed by atoms with Crippen LogP contribution in [0.5, 0.6) is 0 Å². The summed E-state index contributed by atoms with van der Waals surface area (Å²) in [5.41, 5.74) is 8.32. The van der Waals surface area contributed by atoms with Crippen molar-refractivity contribution >= 4 is 23.4 Å². The topological polar surface area (TPSA) is 63.1 Å². The van der Waals surface area contributed by atoms with E-state index in [1.165, 1.54) is 12.1 Å². The van der Waals surface area contributed by atoms with Crippen LogP contribution in [0.3, 0.4) is 0 Å². The number of amides is 2. The summed E-state index contributed by atoms with van der Waals surface area (Å²) in [5.74, 6) is -1.10. The fourth-order valence-corrected chi connectivity index (χ4v) is 3.13. The molecular weight excluding hydrogens is 381 g/mol. The van der Waals surface area contributed by atoms with Gasteiger partial charge in [-0.3, -0.25) is 20.4 Å². The van der Waals surface area contributed by atoms with Gasteiger partial charge in [0.25, 0.3) is 5.91 Å². The Labute approximate surface area is 167 Å². The van der Waals surface area contributed by atoms with Gasteiger partial charge in [-0.2, -0.15) is 0 Å². The number of hydrogen-bond acceptors (Lipinski definition) is 2. The molecule has 0 radical (unpaired) electrons. The lowest BCUT2D eigenvalue weighted by Gasteiger charge is -2.10. The zero-order valence-electron chi connectivity index (χ0n) is 15.4. The van der Waals surface area contributed by atoms with E-state index in [0.717, 1.165) is 16.9 Å². The van der Waals surface area contributed by atoms with E-state index in [1.54, 1.807) is 49.4 Å². The minimum atomic E-state index is -0.425. The molecular formula is C21H19ClFN3O2. The molecule has 5 nitrogen and oxygen atoms in total. The molecule has 28 heavy (non-hydrogen) atoms. The van der Waals surface area contributed by atoms with Gasteiger partial charge in [0.05, 0.1) is 12.0 Å². The number of carbonyl (C=O) groups excluding carboxylic acids is 2. The first-order chi connectivity index (χ1) is 13.3.